The fourth-order valence-electron chi connectivity index (χ4n) is 11.7. The molecule has 1 spiro atoms. The topological polar surface area (TPSA) is 189 Å². The average Bonchev–Trinajstić information content (AvgIpc) is 3.49. The van der Waals surface area contributed by atoms with E-state index in [1.165, 1.54) is 20.5 Å². The molecule has 16 atom stereocenters. The highest BCUT2D eigenvalue weighted by molar-refractivity contribution is 5.88. The molecule has 8 aliphatic rings. The van der Waals surface area contributed by atoms with Gasteiger partial charge in [-0.1, -0.05) is 13.0 Å². The van der Waals surface area contributed by atoms with Crippen LogP contribution in [0.5, 0.6) is 0 Å². The number of ether oxygens (including phenoxy) is 8. The molecule has 14 heteroatoms. The zero-order chi connectivity index (χ0) is 33.7. The van der Waals surface area contributed by atoms with E-state index in [1.54, 1.807) is 32.9 Å². The Kier molecular flexibility index (Phi) is 6.44. The number of aliphatic hydroxyl groups excluding tert-OH is 2. The van der Waals surface area contributed by atoms with Gasteiger partial charge >= 0.3 is 17.9 Å². The summed E-state index contributed by atoms with van der Waals surface area (Å²) >= 11 is 0. The fourth-order valence-corrected chi connectivity index (χ4v) is 11.7. The molecular formula is C33H42O14. The van der Waals surface area contributed by atoms with Gasteiger partial charge in [-0.15, -0.1) is 0 Å². The smallest absolute Gasteiger partial charge is 0.335 e. The summed E-state index contributed by atoms with van der Waals surface area (Å²) in [4.78, 5) is 40.8. The van der Waals surface area contributed by atoms with E-state index >= 15 is 0 Å². The summed E-state index contributed by atoms with van der Waals surface area (Å²) in [5, 5.41) is 36.9. The summed E-state index contributed by atoms with van der Waals surface area (Å²) in [5.74, 6) is -4.66. The second kappa shape index (κ2) is 9.55. The normalized spacial score (nSPS) is 56.1. The summed E-state index contributed by atoms with van der Waals surface area (Å²) in [6.07, 6.45) is -3.30. The summed E-state index contributed by atoms with van der Waals surface area (Å²) < 4.78 is 48.0. The van der Waals surface area contributed by atoms with Crippen molar-refractivity contribution in [3.8, 4) is 0 Å². The number of methoxy groups -OCH3 is 2. The van der Waals surface area contributed by atoms with Gasteiger partial charge in [0.25, 0.3) is 0 Å². The second-order valence-electron chi connectivity index (χ2n) is 15.0. The maximum absolute atomic E-state index is 14.0. The molecule has 0 aromatic rings. The van der Waals surface area contributed by atoms with E-state index in [1.807, 2.05) is 6.92 Å². The lowest BCUT2D eigenvalue weighted by atomic mass is 9.38. The van der Waals surface area contributed by atoms with E-state index in [0.29, 0.717) is 12.0 Å². The molecule has 0 radical (unpaired) electrons. The van der Waals surface area contributed by atoms with E-state index in [4.69, 9.17) is 37.9 Å². The van der Waals surface area contributed by atoms with Gasteiger partial charge in [-0.2, -0.15) is 0 Å². The molecule has 47 heavy (non-hydrogen) atoms. The van der Waals surface area contributed by atoms with Crippen LogP contribution in [0.15, 0.2) is 24.0 Å². The van der Waals surface area contributed by atoms with Gasteiger partial charge in [0, 0.05) is 40.6 Å². The van der Waals surface area contributed by atoms with Crippen LogP contribution < -0.4 is 0 Å². The van der Waals surface area contributed by atoms with Gasteiger partial charge in [0.2, 0.25) is 6.29 Å². The largest absolute Gasteiger partial charge is 0.469 e. The molecule has 5 aliphatic heterocycles. The number of fused-ring (bicyclic) bond motifs is 7. The Hall–Kier alpha value is -2.59. The highest BCUT2D eigenvalue weighted by Crippen LogP contribution is 2.82. The molecule has 0 amide bonds. The third-order valence-electron chi connectivity index (χ3n) is 13.8. The molecule has 258 valence electrons. The van der Waals surface area contributed by atoms with Gasteiger partial charge < -0.3 is 53.2 Å². The van der Waals surface area contributed by atoms with Gasteiger partial charge in [0.1, 0.15) is 22.7 Å². The van der Waals surface area contributed by atoms with Gasteiger partial charge in [0.15, 0.2) is 11.7 Å². The van der Waals surface area contributed by atoms with E-state index in [0.717, 1.165) is 0 Å². The lowest BCUT2D eigenvalue weighted by molar-refractivity contribution is -0.295. The number of epoxide rings is 1. The van der Waals surface area contributed by atoms with Crippen molar-refractivity contribution in [3.63, 3.8) is 0 Å². The number of hydrogen-bond acceptors (Lipinski definition) is 14. The van der Waals surface area contributed by atoms with Crippen molar-refractivity contribution in [2.45, 2.75) is 100 Å². The van der Waals surface area contributed by atoms with Crippen molar-refractivity contribution in [1.29, 1.82) is 0 Å². The molecule has 1 unspecified atom stereocenters. The summed E-state index contributed by atoms with van der Waals surface area (Å²) in [6.45, 7) is 6.42. The lowest BCUT2D eigenvalue weighted by Crippen LogP contribution is -2.77. The first-order valence-corrected chi connectivity index (χ1v) is 16.2. The van der Waals surface area contributed by atoms with E-state index in [-0.39, 0.29) is 19.6 Å². The minimum absolute atomic E-state index is 0.196. The second-order valence-corrected chi connectivity index (χ2v) is 15.0. The first kappa shape index (κ1) is 31.7. The Morgan fingerprint density at radius 3 is 2.45 bits per heavy atom. The minimum atomic E-state index is -1.66. The Morgan fingerprint density at radius 2 is 1.77 bits per heavy atom. The highest BCUT2D eigenvalue weighted by Gasteiger charge is 2.95. The van der Waals surface area contributed by atoms with Crippen molar-refractivity contribution < 1.29 is 67.6 Å². The van der Waals surface area contributed by atoms with Crippen molar-refractivity contribution in [2.75, 3.05) is 27.4 Å². The van der Waals surface area contributed by atoms with E-state index in [2.05, 4.69) is 0 Å². The Bertz CT molecular complexity index is 1490. The third-order valence-corrected chi connectivity index (χ3v) is 13.8. The maximum Gasteiger partial charge on any atom is 0.335 e. The van der Waals surface area contributed by atoms with Crippen LogP contribution in [-0.2, 0) is 52.3 Å². The number of rotatable bonds is 5. The van der Waals surface area contributed by atoms with Crippen molar-refractivity contribution in [1.82, 2.24) is 0 Å². The Balaban J connectivity index is 1.32. The molecule has 8 rings (SSSR count). The van der Waals surface area contributed by atoms with Crippen LogP contribution in [0.25, 0.3) is 0 Å². The number of allylic oxidation sites excluding steroid dienone is 1. The van der Waals surface area contributed by atoms with Gasteiger partial charge in [-0.05, 0) is 33.3 Å². The van der Waals surface area contributed by atoms with Crippen LogP contribution in [-0.4, -0.2) is 120 Å². The molecule has 5 heterocycles. The SMILES string of the molecule is C/C=C(\C)C(=O)O[C@@H]1C[C@H](O)[C@]23CO[C@H](C(=O)OC)[C@H]2[C@](C)(C24O[C@@]2(C)[C@H]2C[C@@H]4O[C@@H]4OC=C[C@@]42O)[C@H](O)[C@@H]2OC[C@@]1(C(=O)OC)[C@H]23. The molecule has 7 fully saturated rings. The molecule has 3 aliphatic carbocycles. The molecule has 0 aromatic heterocycles. The first-order chi connectivity index (χ1) is 22.2. The fraction of sp³-hybridized carbons (Fsp3) is 0.788. The monoisotopic (exact) mass is 662 g/mol. The first-order valence-electron chi connectivity index (χ1n) is 16.2. The standard InChI is InChI=1S/C33H42O14/c1-7-14(2)24(36)45-17-11-16(34)30-12-44-20(25(37)40-5)21(30)28(3,23(35)19-22(30)31(17,13-43-19)26(38)41-6)33-18-10-15(29(33,4)47-33)32(39)8-9-42-27(32)46-18/h7-9,15-23,27,34-35,39H,10-13H2,1-6H3/b14-7+/t15-,16+,17-,18+,19-,20+,21+,22-,23-,27+,28+,29+,30-,31+,32+,33?/m1/s1. The third kappa shape index (κ3) is 3.20. The number of carbonyl (C=O) groups is 3. The Morgan fingerprint density at radius 1 is 1.02 bits per heavy atom. The van der Waals surface area contributed by atoms with Crippen molar-refractivity contribution >= 4 is 17.9 Å². The number of esters is 3. The van der Waals surface area contributed by atoms with Crippen LogP contribution >= 0.6 is 0 Å². The van der Waals surface area contributed by atoms with Crippen LogP contribution in [0.1, 0.15) is 40.5 Å². The van der Waals surface area contributed by atoms with Crippen LogP contribution in [0.2, 0.25) is 0 Å². The van der Waals surface area contributed by atoms with Crippen LogP contribution in [0.4, 0.5) is 0 Å². The summed E-state index contributed by atoms with van der Waals surface area (Å²) in [6, 6.07) is 0. The zero-order valence-corrected chi connectivity index (χ0v) is 27.2. The molecule has 3 saturated carbocycles. The highest BCUT2D eigenvalue weighted by atomic mass is 16.7. The quantitative estimate of drug-likeness (QED) is 0.153. The predicted octanol–water partition coefficient (Wildman–Crippen LogP) is -0.0939. The number of aliphatic hydroxyl groups is 3. The van der Waals surface area contributed by atoms with E-state index < -0.39 is 112 Å². The number of carbonyl (C=O) groups excluding carboxylic acids is 3. The molecule has 14 nitrogen and oxygen atoms in total. The molecule has 3 N–H and O–H groups in total. The predicted molar refractivity (Wildman–Crippen MR) is 154 cm³/mol. The molecule has 4 saturated heterocycles. The van der Waals surface area contributed by atoms with Crippen LogP contribution in [0, 0.1) is 34.0 Å². The summed E-state index contributed by atoms with van der Waals surface area (Å²) in [7, 11) is 2.45. The lowest BCUT2D eigenvalue weighted by Gasteiger charge is -2.65. The molecule has 2 bridgehead atoms. The minimum Gasteiger partial charge on any atom is -0.469 e. The number of hydrogen-bond donors (Lipinski definition) is 3. The zero-order valence-electron chi connectivity index (χ0n) is 27.2. The average molecular weight is 663 g/mol. The molecular weight excluding hydrogens is 620 g/mol. The van der Waals surface area contributed by atoms with Gasteiger partial charge in [-0.25, -0.2) is 9.59 Å². The summed E-state index contributed by atoms with van der Waals surface area (Å²) in [5.41, 5.74) is -8.08. The van der Waals surface area contributed by atoms with E-state index in [9.17, 15) is 29.7 Å². The van der Waals surface area contributed by atoms with Gasteiger partial charge in [-0.3, -0.25) is 4.79 Å². The van der Waals surface area contributed by atoms with Crippen molar-refractivity contribution in [3.05, 3.63) is 24.0 Å². The maximum atomic E-state index is 14.0. The van der Waals surface area contributed by atoms with Gasteiger partial charge in [0.05, 0.1) is 58.1 Å². The van der Waals surface area contributed by atoms with Crippen molar-refractivity contribution in [2.24, 2.45) is 34.0 Å². The Labute approximate surface area is 271 Å². The van der Waals surface area contributed by atoms with Crippen LogP contribution in [0.3, 0.4) is 0 Å². The molecule has 0 aromatic carbocycles.